The minimum Gasteiger partial charge on any atom is -0.392 e. The number of piperidine rings is 1. The van der Waals surface area contributed by atoms with Crippen LogP contribution in [0.1, 0.15) is 78.1 Å². The predicted octanol–water partition coefficient (Wildman–Crippen LogP) is 4.71. The summed E-state index contributed by atoms with van der Waals surface area (Å²) >= 11 is 0. The fraction of sp³-hybridized carbons (Fsp3) is 0.846. The molecule has 0 bridgehead atoms. The normalized spacial score (nSPS) is 31.8. The molecule has 0 aromatic carbocycles. The smallest absolute Gasteiger partial charge is 0.0654 e. The van der Waals surface area contributed by atoms with Crippen LogP contribution < -0.4 is 0 Å². The summed E-state index contributed by atoms with van der Waals surface area (Å²) in [5, 5.41) is 21.0. The summed E-state index contributed by atoms with van der Waals surface area (Å²) < 4.78 is 5.93. The van der Waals surface area contributed by atoms with E-state index in [0.717, 1.165) is 58.3 Å². The molecule has 1 aliphatic heterocycles. The van der Waals surface area contributed by atoms with Gasteiger partial charge in [-0.05, 0) is 76.8 Å². The SMILES string of the molecule is CCCC[C@](C)(O)CC=C[C@@H]1[C@H]2CC(CCOCCN3CCCCC3)=C[C@H]2C[C@H]1O. The van der Waals surface area contributed by atoms with E-state index in [4.69, 9.17) is 4.74 Å². The van der Waals surface area contributed by atoms with E-state index in [9.17, 15) is 10.2 Å². The third-order valence-electron chi connectivity index (χ3n) is 7.50. The zero-order chi connectivity index (χ0) is 21.4. The van der Waals surface area contributed by atoms with Gasteiger partial charge in [0.25, 0.3) is 0 Å². The number of aliphatic hydroxyl groups excluding tert-OH is 1. The predicted molar refractivity (Wildman–Crippen MR) is 123 cm³/mol. The van der Waals surface area contributed by atoms with Gasteiger partial charge < -0.3 is 19.8 Å². The lowest BCUT2D eigenvalue weighted by Gasteiger charge is -2.26. The molecule has 1 saturated heterocycles. The number of aliphatic hydroxyl groups is 2. The highest BCUT2D eigenvalue weighted by atomic mass is 16.5. The third-order valence-corrected chi connectivity index (χ3v) is 7.50. The monoisotopic (exact) mass is 419 g/mol. The van der Waals surface area contributed by atoms with E-state index in [1.54, 1.807) is 0 Å². The van der Waals surface area contributed by atoms with E-state index in [-0.39, 0.29) is 12.0 Å². The maximum absolute atomic E-state index is 10.5. The standard InChI is InChI=1S/C26H45NO3/c1-3-4-11-26(2,29)12-8-9-23-24-19-21(18-22(24)20-25(23)28)10-16-30-17-15-27-13-6-5-7-14-27/h8-9,18,22-25,28-29H,3-7,10-17,19-20H2,1-2H3/t22-,23+,24-,25+,26-/m0/s1. The Labute approximate surface area is 184 Å². The highest BCUT2D eigenvalue weighted by Gasteiger charge is 2.43. The second-order valence-corrected chi connectivity index (χ2v) is 10.2. The number of nitrogens with zero attached hydrogens (tertiary/aromatic N) is 1. The molecular weight excluding hydrogens is 374 g/mol. The molecule has 2 aliphatic carbocycles. The Morgan fingerprint density at radius 3 is 2.80 bits per heavy atom. The van der Waals surface area contributed by atoms with E-state index in [0.29, 0.717) is 18.3 Å². The Morgan fingerprint density at radius 2 is 2.03 bits per heavy atom. The molecule has 1 saturated carbocycles. The van der Waals surface area contributed by atoms with Crippen molar-refractivity contribution in [2.24, 2.45) is 17.8 Å². The first-order valence-electron chi connectivity index (χ1n) is 12.6. The molecule has 2 fully saturated rings. The molecule has 5 atom stereocenters. The van der Waals surface area contributed by atoms with Crippen LogP contribution >= 0.6 is 0 Å². The summed E-state index contributed by atoms with van der Waals surface area (Å²) in [5.74, 6) is 1.27. The highest BCUT2D eigenvalue weighted by Crippen LogP contribution is 2.48. The van der Waals surface area contributed by atoms with Crippen molar-refractivity contribution in [3.05, 3.63) is 23.8 Å². The highest BCUT2D eigenvalue weighted by molar-refractivity contribution is 5.20. The van der Waals surface area contributed by atoms with Gasteiger partial charge in [0.15, 0.2) is 0 Å². The fourth-order valence-electron chi connectivity index (χ4n) is 5.61. The van der Waals surface area contributed by atoms with Gasteiger partial charge in [-0.3, -0.25) is 0 Å². The van der Waals surface area contributed by atoms with Gasteiger partial charge in [-0.15, -0.1) is 0 Å². The van der Waals surface area contributed by atoms with Gasteiger partial charge in [-0.25, -0.2) is 0 Å². The van der Waals surface area contributed by atoms with Crippen molar-refractivity contribution in [1.82, 2.24) is 4.90 Å². The molecule has 0 unspecified atom stereocenters. The Hall–Kier alpha value is -0.680. The molecular formula is C26H45NO3. The molecule has 0 aromatic rings. The van der Waals surface area contributed by atoms with Crippen LogP contribution in [0.15, 0.2) is 23.8 Å². The van der Waals surface area contributed by atoms with Crippen molar-refractivity contribution in [1.29, 1.82) is 0 Å². The van der Waals surface area contributed by atoms with Crippen LogP contribution in [0, 0.1) is 17.8 Å². The molecule has 0 aromatic heterocycles. The molecule has 4 heteroatoms. The average Bonchev–Trinajstić information content (AvgIpc) is 3.24. The van der Waals surface area contributed by atoms with Crippen molar-refractivity contribution in [3.63, 3.8) is 0 Å². The van der Waals surface area contributed by atoms with Crippen molar-refractivity contribution in [2.45, 2.75) is 89.8 Å². The third kappa shape index (κ3) is 7.19. The van der Waals surface area contributed by atoms with Crippen LogP contribution in [0.2, 0.25) is 0 Å². The average molecular weight is 420 g/mol. The quantitative estimate of drug-likeness (QED) is 0.355. The van der Waals surface area contributed by atoms with Crippen LogP contribution in [-0.2, 0) is 4.74 Å². The Kier molecular flexibility index (Phi) is 9.43. The summed E-state index contributed by atoms with van der Waals surface area (Å²) in [6, 6.07) is 0. The minimum absolute atomic E-state index is 0.228. The van der Waals surface area contributed by atoms with Crippen LogP contribution in [0.4, 0.5) is 0 Å². The Bertz CT molecular complexity index is 565. The van der Waals surface area contributed by atoms with Gasteiger partial charge in [0.1, 0.15) is 0 Å². The van der Waals surface area contributed by atoms with Crippen molar-refractivity contribution in [2.75, 3.05) is 32.8 Å². The topological polar surface area (TPSA) is 52.9 Å². The van der Waals surface area contributed by atoms with Crippen LogP contribution in [-0.4, -0.2) is 59.7 Å². The number of likely N-dealkylation sites (tertiary alicyclic amines) is 1. The van der Waals surface area contributed by atoms with Gasteiger partial charge in [-0.1, -0.05) is 50.0 Å². The lowest BCUT2D eigenvalue weighted by atomic mass is 9.88. The van der Waals surface area contributed by atoms with E-state index < -0.39 is 5.60 Å². The summed E-state index contributed by atoms with van der Waals surface area (Å²) in [4.78, 5) is 2.53. The van der Waals surface area contributed by atoms with E-state index in [1.807, 2.05) is 6.92 Å². The molecule has 2 N–H and O–H groups in total. The lowest BCUT2D eigenvalue weighted by molar-refractivity contribution is 0.0513. The number of hydrogen-bond donors (Lipinski definition) is 2. The zero-order valence-corrected chi connectivity index (χ0v) is 19.4. The molecule has 0 amide bonds. The molecule has 1 heterocycles. The van der Waals surface area contributed by atoms with Gasteiger partial charge >= 0.3 is 0 Å². The van der Waals surface area contributed by atoms with E-state index in [1.165, 1.54) is 37.9 Å². The van der Waals surface area contributed by atoms with Crippen LogP contribution in [0.3, 0.4) is 0 Å². The van der Waals surface area contributed by atoms with Crippen LogP contribution in [0.5, 0.6) is 0 Å². The maximum Gasteiger partial charge on any atom is 0.0654 e. The summed E-state index contributed by atoms with van der Waals surface area (Å²) in [6.07, 6.45) is 17.3. The molecule has 4 nitrogen and oxygen atoms in total. The fourth-order valence-corrected chi connectivity index (χ4v) is 5.61. The van der Waals surface area contributed by atoms with Gasteiger partial charge in [0.2, 0.25) is 0 Å². The summed E-state index contributed by atoms with van der Waals surface area (Å²) in [7, 11) is 0. The number of rotatable bonds is 12. The Balaban J connectivity index is 1.36. The molecule has 3 rings (SSSR count). The van der Waals surface area contributed by atoms with E-state index >= 15 is 0 Å². The zero-order valence-electron chi connectivity index (χ0n) is 19.4. The number of ether oxygens (including phenoxy) is 1. The van der Waals surface area contributed by atoms with Crippen LogP contribution in [0.25, 0.3) is 0 Å². The lowest BCUT2D eigenvalue weighted by Crippen LogP contribution is -2.32. The molecule has 172 valence electrons. The molecule has 3 aliphatic rings. The maximum atomic E-state index is 10.5. The van der Waals surface area contributed by atoms with Gasteiger partial charge in [0, 0.05) is 12.5 Å². The summed E-state index contributed by atoms with van der Waals surface area (Å²) in [5.41, 5.74) is 0.892. The second kappa shape index (κ2) is 11.8. The van der Waals surface area contributed by atoms with Crippen molar-refractivity contribution >= 4 is 0 Å². The van der Waals surface area contributed by atoms with Crippen molar-refractivity contribution < 1.29 is 14.9 Å². The first-order valence-corrected chi connectivity index (χ1v) is 12.6. The van der Waals surface area contributed by atoms with E-state index in [2.05, 4.69) is 30.1 Å². The van der Waals surface area contributed by atoms with Gasteiger partial charge in [-0.2, -0.15) is 0 Å². The molecule has 0 radical (unpaired) electrons. The molecule has 30 heavy (non-hydrogen) atoms. The first-order chi connectivity index (χ1) is 14.5. The summed E-state index contributed by atoms with van der Waals surface area (Å²) in [6.45, 7) is 9.31. The molecule has 0 spiro atoms. The minimum atomic E-state index is -0.625. The number of unbranched alkanes of at least 4 members (excludes halogenated alkanes) is 1. The number of hydrogen-bond acceptors (Lipinski definition) is 4. The Morgan fingerprint density at radius 1 is 1.23 bits per heavy atom. The first kappa shape index (κ1) is 24.0. The van der Waals surface area contributed by atoms with Gasteiger partial charge in [0.05, 0.1) is 24.9 Å². The van der Waals surface area contributed by atoms with Crippen molar-refractivity contribution in [3.8, 4) is 0 Å². The largest absolute Gasteiger partial charge is 0.392 e. The second-order valence-electron chi connectivity index (χ2n) is 10.2. The number of allylic oxidation sites excluding steroid dienone is 1. The number of fused-ring (bicyclic) bond motifs is 1.